The van der Waals surface area contributed by atoms with Crippen molar-refractivity contribution in [1.29, 1.82) is 0 Å². The van der Waals surface area contributed by atoms with Crippen molar-refractivity contribution in [2.75, 3.05) is 38.0 Å². The molecule has 1 aromatic heterocycles. The fourth-order valence-electron chi connectivity index (χ4n) is 3.86. The lowest BCUT2D eigenvalue weighted by Crippen LogP contribution is -2.38. The summed E-state index contributed by atoms with van der Waals surface area (Å²) in [6.07, 6.45) is 4.11. The smallest absolute Gasteiger partial charge is 0.254 e. The molecule has 2 aromatic carbocycles. The molecule has 1 aliphatic heterocycles. The summed E-state index contributed by atoms with van der Waals surface area (Å²) in [7, 11) is 0. The first-order valence-corrected chi connectivity index (χ1v) is 10.6. The van der Waals surface area contributed by atoms with Crippen LogP contribution in [0.2, 0.25) is 0 Å². The van der Waals surface area contributed by atoms with Gasteiger partial charge in [0.15, 0.2) is 0 Å². The fourth-order valence-corrected chi connectivity index (χ4v) is 3.86. The van der Waals surface area contributed by atoms with E-state index in [2.05, 4.69) is 15.2 Å². The Bertz CT molecular complexity index is 1020. The quantitative estimate of drug-likeness (QED) is 0.694. The van der Waals surface area contributed by atoms with Crippen molar-refractivity contribution < 1.29 is 9.59 Å². The van der Waals surface area contributed by atoms with Gasteiger partial charge in [0.1, 0.15) is 0 Å². The van der Waals surface area contributed by atoms with Crippen LogP contribution in [0.3, 0.4) is 0 Å². The van der Waals surface area contributed by atoms with Crippen molar-refractivity contribution in [3.63, 3.8) is 0 Å². The zero-order chi connectivity index (χ0) is 21.5. The lowest BCUT2D eigenvalue weighted by atomic mass is 10.0. The van der Waals surface area contributed by atoms with Crippen molar-refractivity contribution in [2.24, 2.45) is 0 Å². The second kappa shape index (κ2) is 10.00. The van der Waals surface area contributed by atoms with Crippen LogP contribution in [-0.2, 0) is 4.79 Å². The molecule has 31 heavy (non-hydrogen) atoms. The van der Waals surface area contributed by atoms with Crippen molar-refractivity contribution in [1.82, 2.24) is 14.8 Å². The van der Waals surface area contributed by atoms with Gasteiger partial charge in [-0.2, -0.15) is 0 Å². The van der Waals surface area contributed by atoms with Crippen LogP contribution in [0.4, 0.5) is 5.69 Å². The summed E-state index contributed by atoms with van der Waals surface area (Å²) >= 11 is 0. The molecule has 0 spiro atoms. The Labute approximate surface area is 182 Å². The molecular weight excluding hydrogens is 388 g/mol. The molecular formula is C25H26N4O2. The number of hydrogen-bond acceptors (Lipinski definition) is 4. The van der Waals surface area contributed by atoms with Crippen LogP contribution in [0, 0.1) is 0 Å². The number of amides is 2. The predicted octanol–water partition coefficient (Wildman–Crippen LogP) is 3.54. The summed E-state index contributed by atoms with van der Waals surface area (Å²) in [5.41, 5.74) is 3.53. The second-order valence-corrected chi connectivity index (χ2v) is 7.62. The molecule has 0 unspecified atom stereocenters. The summed E-state index contributed by atoms with van der Waals surface area (Å²) in [4.78, 5) is 33.4. The van der Waals surface area contributed by atoms with Crippen molar-refractivity contribution >= 4 is 17.5 Å². The highest BCUT2D eigenvalue weighted by Gasteiger charge is 2.21. The third kappa shape index (κ3) is 5.35. The van der Waals surface area contributed by atoms with E-state index >= 15 is 0 Å². The van der Waals surface area contributed by atoms with Crippen LogP contribution >= 0.6 is 0 Å². The van der Waals surface area contributed by atoms with Crippen LogP contribution in [-0.4, -0.2) is 59.3 Å². The Hall–Kier alpha value is -3.51. The number of anilines is 1. The van der Waals surface area contributed by atoms with E-state index in [-0.39, 0.29) is 11.8 Å². The summed E-state index contributed by atoms with van der Waals surface area (Å²) in [5, 5.41) is 3.07. The molecule has 4 rings (SSSR count). The fraction of sp³-hybridized carbons (Fsp3) is 0.240. The first-order chi connectivity index (χ1) is 15.2. The van der Waals surface area contributed by atoms with Gasteiger partial charge in [-0.3, -0.25) is 19.5 Å². The van der Waals surface area contributed by atoms with E-state index in [0.29, 0.717) is 31.7 Å². The molecule has 0 bridgehead atoms. The third-order valence-corrected chi connectivity index (χ3v) is 5.46. The van der Waals surface area contributed by atoms with Crippen LogP contribution < -0.4 is 5.32 Å². The minimum absolute atomic E-state index is 0.0190. The third-order valence-electron chi connectivity index (χ3n) is 5.46. The average molecular weight is 415 g/mol. The highest BCUT2D eigenvalue weighted by atomic mass is 16.2. The van der Waals surface area contributed by atoms with E-state index < -0.39 is 0 Å². The molecule has 158 valence electrons. The van der Waals surface area contributed by atoms with E-state index in [1.165, 1.54) is 0 Å². The first-order valence-electron chi connectivity index (χ1n) is 10.6. The monoisotopic (exact) mass is 414 g/mol. The number of rotatable bonds is 5. The number of carbonyl (C=O) groups is 2. The highest BCUT2D eigenvalue weighted by Crippen LogP contribution is 2.27. The summed E-state index contributed by atoms with van der Waals surface area (Å²) < 4.78 is 0. The largest absolute Gasteiger partial charge is 0.337 e. The van der Waals surface area contributed by atoms with Crippen LogP contribution in [0.5, 0.6) is 0 Å². The molecule has 3 aromatic rings. The molecule has 0 radical (unpaired) electrons. The standard InChI is InChI=1S/C25H26N4O2/c30-24(27-23-10-5-4-9-22(23)20-7-2-1-3-8-20)19-28-15-6-16-29(18-17-28)25(31)21-11-13-26-14-12-21/h1-5,7-14H,6,15-19H2,(H,27,30). The minimum atomic E-state index is -0.0442. The van der Waals surface area contributed by atoms with Crippen LogP contribution in [0.15, 0.2) is 79.1 Å². The van der Waals surface area contributed by atoms with E-state index in [0.717, 1.165) is 29.8 Å². The topological polar surface area (TPSA) is 65.5 Å². The number of aromatic nitrogens is 1. The molecule has 0 saturated carbocycles. The molecule has 2 heterocycles. The molecule has 1 saturated heterocycles. The Morgan fingerprint density at radius 1 is 0.839 bits per heavy atom. The van der Waals surface area contributed by atoms with Crippen molar-refractivity contribution in [2.45, 2.75) is 6.42 Å². The molecule has 6 heteroatoms. The van der Waals surface area contributed by atoms with Crippen LogP contribution in [0.25, 0.3) is 11.1 Å². The van der Waals surface area contributed by atoms with Gasteiger partial charge in [0.05, 0.1) is 6.54 Å². The van der Waals surface area contributed by atoms with Gasteiger partial charge in [0, 0.05) is 55.4 Å². The maximum atomic E-state index is 12.8. The number of pyridine rings is 1. The number of nitrogens with one attached hydrogen (secondary N) is 1. The summed E-state index contributed by atoms with van der Waals surface area (Å²) in [6.45, 7) is 3.06. The molecule has 1 N–H and O–H groups in total. The number of nitrogens with zero attached hydrogens (tertiary/aromatic N) is 3. The van der Waals surface area contributed by atoms with Gasteiger partial charge in [-0.25, -0.2) is 0 Å². The average Bonchev–Trinajstić information content (AvgIpc) is 3.05. The van der Waals surface area contributed by atoms with Gasteiger partial charge in [-0.1, -0.05) is 48.5 Å². The van der Waals surface area contributed by atoms with Gasteiger partial charge in [0.25, 0.3) is 5.91 Å². The number of hydrogen-bond donors (Lipinski definition) is 1. The number of para-hydroxylation sites is 1. The van der Waals surface area contributed by atoms with E-state index in [4.69, 9.17) is 0 Å². The van der Waals surface area contributed by atoms with Gasteiger partial charge < -0.3 is 10.2 Å². The lowest BCUT2D eigenvalue weighted by molar-refractivity contribution is -0.117. The molecule has 6 nitrogen and oxygen atoms in total. The maximum absolute atomic E-state index is 12.8. The van der Waals surface area contributed by atoms with E-state index in [1.807, 2.05) is 59.5 Å². The molecule has 2 amide bonds. The van der Waals surface area contributed by atoms with Gasteiger partial charge in [-0.05, 0) is 30.2 Å². The van der Waals surface area contributed by atoms with Crippen molar-refractivity contribution in [3.8, 4) is 11.1 Å². The van der Waals surface area contributed by atoms with Gasteiger partial charge in [-0.15, -0.1) is 0 Å². The molecule has 1 fully saturated rings. The van der Waals surface area contributed by atoms with E-state index in [1.54, 1.807) is 24.5 Å². The van der Waals surface area contributed by atoms with E-state index in [9.17, 15) is 9.59 Å². The van der Waals surface area contributed by atoms with Crippen molar-refractivity contribution in [3.05, 3.63) is 84.7 Å². The molecule has 0 atom stereocenters. The zero-order valence-corrected chi connectivity index (χ0v) is 17.4. The summed E-state index contributed by atoms with van der Waals surface area (Å²) in [5.74, 6) is -0.0252. The number of benzene rings is 2. The first kappa shape index (κ1) is 20.8. The lowest BCUT2D eigenvalue weighted by Gasteiger charge is -2.22. The number of carbonyl (C=O) groups excluding carboxylic acids is 2. The van der Waals surface area contributed by atoms with Gasteiger partial charge in [0.2, 0.25) is 5.91 Å². The second-order valence-electron chi connectivity index (χ2n) is 7.62. The van der Waals surface area contributed by atoms with Gasteiger partial charge >= 0.3 is 0 Å². The van der Waals surface area contributed by atoms with Crippen LogP contribution in [0.1, 0.15) is 16.8 Å². The predicted molar refractivity (Wildman–Crippen MR) is 122 cm³/mol. The maximum Gasteiger partial charge on any atom is 0.254 e. The normalized spacial score (nSPS) is 14.6. The Kier molecular flexibility index (Phi) is 6.69. The SMILES string of the molecule is O=C(CN1CCCN(C(=O)c2ccncc2)CC1)Nc1ccccc1-c1ccccc1. The molecule has 1 aliphatic rings. The zero-order valence-electron chi connectivity index (χ0n) is 17.4. The Morgan fingerprint density at radius 2 is 1.58 bits per heavy atom. The molecule has 0 aliphatic carbocycles. The highest BCUT2D eigenvalue weighted by molar-refractivity contribution is 5.96. The Balaban J connectivity index is 1.35. The summed E-state index contributed by atoms with van der Waals surface area (Å²) in [6, 6.07) is 21.4. The minimum Gasteiger partial charge on any atom is -0.337 e. The Morgan fingerprint density at radius 3 is 2.39 bits per heavy atom.